The number of methoxy groups -OCH3 is 1. The molecule has 2 N–H and O–H groups in total. The second-order valence-electron chi connectivity index (χ2n) is 4.76. The van der Waals surface area contributed by atoms with Gasteiger partial charge in [-0.05, 0) is 12.1 Å². The van der Waals surface area contributed by atoms with Crippen molar-refractivity contribution in [2.75, 3.05) is 33.5 Å². The monoisotopic (exact) mass is 336 g/mol. The van der Waals surface area contributed by atoms with Crippen LogP contribution in [0.5, 0.6) is 0 Å². The number of sulfonamides is 1. The van der Waals surface area contributed by atoms with Crippen molar-refractivity contribution in [3.63, 3.8) is 0 Å². The predicted octanol–water partition coefficient (Wildman–Crippen LogP) is 1.19. The van der Waals surface area contributed by atoms with E-state index in [2.05, 4.69) is 23.9 Å². The fourth-order valence-corrected chi connectivity index (χ4v) is 3.83. The highest BCUT2D eigenvalue weighted by Gasteiger charge is 2.16. The molecule has 0 amide bonds. The van der Waals surface area contributed by atoms with Gasteiger partial charge in [0.1, 0.15) is 4.21 Å². The first kappa shape index (κ1) is 18.5. The number of hydrogen-bond donors (Lipinski definition) is 2. The number of thiophene rings is 1. The molecule has 0 saturated carbocycles. The Morgan fingerprint density at radius 1 is 1.24 bits per heavy atom. The lowest BCUT2D eigenvalue weighted by atomic mass is 10.4. The first-order chi connectivity index (χ1) is 9.95. The summed E-state index contributed by atoms with van der Waals surface area (Å²) >= 11 is 1.28. The van der Waals surface area contributed by atoms with E-state index in [0.717, 1.165) is 4.88 Å². The second kappa shape index (κ2) is 9.50. The summed E-state index contributed by atoms with van der Waals surface area (Å²) in [7, 11) is -1.85. The molecule has 0 atom stereocenters. The number of nitrogens with one attached hydrogen (secondary N) is 2. The zero-order valence-electron chi connectivity index (χ0n) is 12.7. The van der Waals surface area contributed by atoms with E-state index in [-0.39, 0.29) is 6.54 Å². The van der Waals surface area contributed by atoms with Gasteiger partial charge in [0.05, 0.1) is 19.8 Å². The van der Waals surface area contributed by atoms with Gasteiger partial charge in [0.15, 0.2) is 0 Å². The van der Waals surface area contributed by atoms with Crippen molar-refractivity contribution in [2.45, 2.75) is 30.6 Å². The summed E-state index contributed by atoms with van der Waals surface area (Å²) in [5.74, 6) is 0. The Hall–Kier alpha value is -0.510. The summed E-state index contributed by atoms with van der Waals surface area (Å²) in [5, 5.41) is 3.26. The molecule has 1 aromatic heterocycles. The van der Waals surface area contributed by atoms with Gasteiger partial charge >= 0.3 is 0 Å². The van der Waals surface area contributed by atoms with E-state index in [9.17, 15) is 8.42 Å². The van der Waals surface area contributed by atoms with Gasteiger partial charge < -0.3 is 14.8 Å². The fraction of sp³-hybridized carbons (Fsp3) is 0.692. The Morgan fingerprint density at radius 3 is 2.67 bits per heavy atom. The highest BCUT2D eigenvalue weighted by atomic mass is 32.2. The molecule has 0 unspecified atom stereocenters. The van der Waals surface area contributed by atoms with Gasteiger partial charge in [-0.1, -0.05) is 13.8 Å². The third kappa shape index (κ3) is 7.35. The molecule has 1 heterocycles. The Balaban J connectivity index is 2.40. The minimum absolute atomic E-state index is 0.253. The van der Waals surface area contributed by atoms with Gasteiger partial charge in [-0.15, -0.1) is 11.3 Å². The molecule has 6 nitrogen and oxygen atoms in total. The maximum atomic E-state index is 12.1. The topological polar surface area (TPSA) is 76.7 Å². The van der Waals surface area contributed by atoms with E-state index in [1.54, 1.807) is 13.2 Å². The van der Waals surface area contributed by atoms with Crippen molar-refractivity contribution in [2.24, 2.45) is 0 Å². The third-order valence-corrected chi connectivity index (χ3v) is 5.59. The fourth-order valence-electron chi connectivity index (χ4n) is 1.47. The van der Waals surface area contributed by atoms with Gasteiger partial charge in [-0.25, -0.2) is 13.1 Å². The van der Waals surface area contributed by atoms with Gasteiger partial charge in [-0.2, -0.15) is 0 Å². The SMILES string of the molecule is COCCOCCNS(=O)(=O)c1ccc(CNC(C)C)s1. The average molecular weight is 336 g/mol. The van der Waals surface area contributed by atoms with Crippen molar-refractivity contribution in [3.8, 4) is 0 Å². The summed E-state index contributed by atoms with van der Waals surface area (Å²) in [6, 6.07) is 3.84. The van der Waals surface area contributed by atoms with E-state index in [1.807, 2.05) is 6.07 Å². The standard InChI is InChI=1S/C13H24N2O4S2/c1-11(2)14-10-12-4-5-13(20-12)21(16,17)15-6-7-19-9-8-18-3/h4-5,11,14-15H,6-10H2,1-3H3. The third-order valence-electron chi connectivity index (χ3n) is 2.56. The number of rotatable bonds is 11. The normalized spacial score (nSPS) is 12.2. The molecule has 0 aliphatic carbocycles. The van der Waals surface area contributed by atoms with Crippen LogP contribution in [0.1, 0.15) is 18.7 Å². The van der Waals surface area contributed by atoms with E-state index < -0.39 is 10.0 Å². The maximum Gasteiger partial charge on any atom is 0.250 e. The van der Waals surface area contributed by atoms with Crippen molar-refractivity contribution >= 4 is 21.4 Å². The van der Waals surface area contributed by atoms with Crippen molar-refractivity contribution in [1.82, 2.24) is 10.0 Å². The molecule has 0 spiro atoms. The molecule has 0 aromatic carbocycles. The largest absolute Gasteiger partial charge is 0.382 e. The van der Waals surface area contributed by atoms with Crippen LogP contribution in [0.4, 0.5) is 0 Å². The van der Waals surface area contributed by atoms with Crippen molar-refractivity contribution in [3.05, 3.63) is 17.0 Å². The number of hydrogen-bond acceptors (Lipinski definition) is 6. The number of ether oxygens (including phenoxy) is 2. The highest BCUT2D eigenvalue weighted by Crippen LogP contribution is 2.21. The van der Waals surface area contributed by atoms with E-state index in [1.165, 1.54) is 11.3 Å². The smallest absolute Gasteiger partial charge is 0.250 e. The molecule has 8 heteroatoms. The van der Waals surface area contributed by atoms with Crippen LogP contribution in [0.15, 0.2) is 16.3 Å². The molecule has 1 rings (SSSR count). The molecule has 0 fully saturated rings. The zero-order chi connectivity index (χ0) is 15.7. The van der Waals surface area contributed by atoms with Crippen LogP contribution in [0.2, 0.25) is 0 Å². The molecule has 0 radical (unpaired) electrons. The van der Waals surface area contributed by atoms with Crippen LogP contribution in [0.25, 0.3) is 0 Å². The minimum atomic E-state index is -3.44. The summed E-state index contributed by atoms with van der Waals surface area (Å²) in [6.45, 7) is 6.33. The quantitative estimate of drug-likeness (QED) is 0.594. The Morgan fingerprint density at radius 2 is 2.00 bits per heavy atom. The zero-order valence-corrected chi connectivity index (χ0v) is 14.4. The molecule has 0 bridgehead atoms. The van der Waals surface area contributed by atoms with Gasteiger partial charge in [0.25, 0.3) is 0 Å². The molecular formula is C13H24N2O4S2. The van der Waals surface area contributed by atoms with E-state index in [0.29, 0.717) is 36.6 Å². The van der Waals surface area contributed by atoms with E-state index >= 15 is 0 Å². The van der Waals surface area contributed by atoms with Crippen molar-refractivity contribution < 1.29 is 17.9 Å². The lowest BCUT2D eigenvalue weighted by Crippen LogP contribution is -2.27. The highest BCUT2D eigenvalue weighted by molar-refractivity contribution is 7.91. The van der Waals surface area contributed by atoms with Crippen LogP contribution >= 0.6 is 11.3 Å². The van der Waals surface area contributed by atoms with E-state index in [4.69, 9.17) is 9.47 Å². The summed E-state index contributed by atoms with van der Waals surface area (Å²) in [6.07, 6.45) is 0. The summed E-state index contributed by atoms with van der Waals surface area (Å²) in [4.78, 5) is 1.00. The summed E-state index contributed by atoms with van der Waals surface area (Å²) in [5.41, 5.74) is 0. The van der Waals surface area contributed by atoms with Crippen LogP contribution in [-0.4, -0.2) is 47.9 Å². The molecule has 0 aliphatic rings. The average Bonchev–Trinajstić information content (AvgIpc) is 2.90. The molecule has 0 saturated heterocycles. The minimum Gasteiger partial charge on any atom is -0.382 e. The van der Waals surface area contributed by atoms with Crippen LogP contribution in [0.3, 0.4) is 0 Å². The Bertz CT molecular complexity index is 500. The molecule has 1 aromatic rings. The molecule has 0 aliphatic heterocycles. The molecule has 21 heavy (non-hydrogen) atoms. The molecule has 122 valence electrons. The van der Waals surface area contributed by atoms with Crippen LogP contribution in [0, 0.1) is 0 Å². The molecular weight excluding hydrogens is 312 g/mol. The Labute approximate surface area is 130 Å². The predicted molar refractivity (Wildman–Crippen MR) is 84.2 cm³/mol. The van der Waals surface area contributed by atoms with Crippen LogP contribution in [-0.2, 0) is 26.0 Å². The van der Waals surface area contributed by atoms with Crippen molar-refractivity contribution in [1.29, 1.82) is 0 Å². The summed E-state index contributed by atoms with van der Waals surface area (Å²) < 4.78 is 37.1. The lowest BCUT2D eigenvalue weighted by Gasteiger charge is -2.06. The van der Waals surface area contributed by atoms with Gasteiger partial charge in [0, 0.05) is 31.1 Å². The first-order valence-electron chi connectivity index (χ1n) is 6.84. The van der Waals surface area contributed by atoms with Gasteiger partial charge in [-0.3, -0.25) is 0 Å². The van der Waals surface area contributed by atoms with Gasteiger partial charge in [0.2, 0.25) is 10.0 Å². The van der Waals surface area contributed by atoms with Crippen LogP contribution < -0.4 is 10.0 Å². The first-order valence-corrected chi connectivity index (χ1v) is 9.14. The Kier molecular flexibility index (Phi) is 8.38. The lowest BCUT2D eigenvalue weighted by molar-refractivity contribution is 0.0736. The maximum absolute atomic E-state index is 12.1. The second-order valence-corrected chi connectivity index (χ2v) is 7.92.